The predicted molar refractivity (Wildman–Crippen MR) is 144 cm³/mol. The Morgan fingerprint density at radius 3 is 2.27 bits per heavy atom. The Kier molecular flexibility index (Phi) is 6.55. The number of amides is 1. The van der Waals surface area contributed by atoms with E-state index >= 15 is 0 Å². The summed E-state index contributed by atoms with van der Waals surface area (Å²) in [6.45, 7) is 2.05. The van der Waals surface area contributed by atoms with Gasteiger partial charge in [-0.1, -0.05) is 48.0 Å². The summed E-state index contributed by atoms with van der Waals surface area (Å²) in [4.78, 5) is 13.3. The lowest BCUT2D eigenvalue weighted by atomic mass is 9.99. The fourth-order valence-corrected chi connectivity index (χ4v) is 4.39. The lowest BCUT2D eigenvalue weighted by Crippen LogP contribution is -2.22. The van der Waals surface area contributed by atoms with Crippen LogP contribution in [-0.2, 0) is 0 Å². The van der Waals surface area contributed by atoms with Crippen LogP contribution in [0.1, 0.15) is 33.1 Å². The number of hydrogen-bond donors (Lipinski definition) is 2. The number of carbonyl (C=O) groups excluding carboxylic acids is 1. The molecular weight excluding hydrogens is 468 g/mol. The first kappa shape index (κ1) is 24.0. The van der Waals surface area contributed by atoms with E-state index in [-0.39, 0.29) is 11.9 Å². The second-order valence-corrected chi connectivity index (χ2v) is 8.64. The minimum Gasteiger partial charge on any atom is -0.496 e. The molecule has 8 heteroatoms. The average molecular weight is 497 g/mol. The third kappa shape index (κ3) is 4.61. The third-order valence-corrected chi connectivity index (χ3v) is 6.33. The van der Waals surface area contributed by atoms with Gasteiger partial charge in [-0.2, -0.15) is 5.10 Å². The number of nitrogens with one attached hydrogen (secondary N) is 2. The maximum atomic E-state index is 13.3. The van der Waals surface area contributed by atoms with Gasteiger partial charge in [-0.3, -0.25) is 4.79 Å². The third-order valence-electron chi connectivity index (χ3n) is 6.33. The lowest BCUT2D eigenvalue weighted by Gasteiger charge is -2.28. The molecule has 0 unspecified atom stereocenters. The number of ether oxygens (including phenoxy) is 3. The topological polar surface area (TPSA) is 86.6 Å². The van der Waals surface area contributed by atoms with E-state index in [0.717, 1.165) is 22.4 Å². The summed E-state index contributed by atoms with van der Waals surface area (Å²) < 4.78 is 18.6. The van der Waals surface area contributed by atoms with E-state index in [0.29, 0.717) is 34.3 Å². The number of aromatic nitrogens is 2. The first-order valence-corrected chi connectivity index (χ1v) is 11.8. The number of fused-ring (bicyclic) bond motifs is 1. The fourth-order valence-electron chi connectivity index (χ4n) is 4.39. The smallest absolute Gasteiger partial charge is 0.261 e. The molecule has 8 nitrogen and oxygen atoms in total. The van der Waals surface area contributed by atoms with Gasteiger partial charge in [0.25, 0.3) is 5.91 Å². The number of methoxy groups -OCH3 is 3. The molecule has 0 aliphatic carbocycles. The summed E-state index contributed by atoms with van der Waals surface area (Å²) in [6.07, 6.45) is 3.64. The number of benzene rings is 3. The molecule has 37 heavy (non-hydrogen) atoms. The molecule has 0 fully saturated rings. The van der Waals surface area contributed by atoms with Gasteiger partial charge in [-0.15, -0.1) is 0 Å². The van der Waals surface area contributed by atoms with Crippen LogP contribution >= 0.6 is 0 Å². The first-order chi connectivity index (χ1) is 18.0. The fraction of sp³-hybridized carbons (Fsp3) is 0.172. The van der Waals surface area contributed by atoms with Crippen LogP contribution in [0.25, 0.3) is 5.70 Å². The Bertz CT molecular complexity index is 1460. The molecule has 0 saturated heterocycles. The minimum atomic E-state index is -0.388. The maximum absolute atomic E-state index is 13.3. The Labute approximate surface area is 215 Å². The second-order valence-electron chi connectivity index (χ2n) is 8.64. The number of carbonyl (C=O) groups is 1. The number of rotatable bonds is 7. The Hall–Kier alpha value is -4.72. The van der Waals surface area contributed by atoms with Gasteiger partial charge in [0, 0.05) is 23.0 Å². The van der Waals surface area contributed by atoms with Crippen molar-refractivity contribution < 1.29 is 19.0 Å². The van der Waals surface area contributed by atoms with Crippen molar-refractivity contribution in [2.45, 2.75) is 13.0 Å². The Morgan fingerprint density at radius 2 is 1.59 bits per heavy atom. The van der Waals surface area contributed by atoms with E-state index < -0.39 is 0 Å². The molecular formula is C29H28N4O4. The molecule has 4 aromatic rings. The summed E-state index contributed by atoms with van der Waals surface area (Å²) in [5.41, 5.74) is 4.93. The molecule has 1 amide bonds. The highest BCUT2D eigenvalue weighted by Crippen LogP contribution is 2.43. The van der Waals surface area contributed by atoms with Crippen molar-refractivity contribution in [3.63, 3.8) is 0 Å². The zero-order chi connectivity index (χ0) is 25.9. The molecule has 1 aliphatic rings. The highest BCUT2D eigenvalue weighted by atomic mass is 16.5. The van der Waals surface area contributed by atoms with Crippen molar-refractivity contribution in [2.24, 2.45) is 0 Å². The average Bonchev–Trinajstić information content (AvgIpc) is 3.37. The summed E-state index contributed by atoms with van der Waals surface area (Å²) in [5, 5.41) is 11.0. The maximum Gasteiger partial charge on any atom is 0.261 e. The standard InChI is InChI=1S/C29H28N4O4/c1-18-10-12-19(13-11-18)23-15-24(21-14-26(36-3)27(37-4)16-25(21)35-2)33-28(32-23)22(17-30-33)29(34)31-20-8-6-5-7-9-20/h5-17,24,32H,1-4H3,(H,31,34)/t24-/m1/s1. The van der Waals surface area contributed by atoms with Gasteiger partial charge in [0.1, 0.15) is 23.2 Å². The van der Waals surface area contributed by atoms with Crippen molar-refractivity contribution in [1.29, 1.82) is 0 Å². The molecule has 1 aliphatic heterocycles. The van der Waals surface area contributed by atoms with E-state index in [1.54, 1.807) is 38.3 Å². The summed E-state index contributed by atoms with van der Waals surface area (Å²) in [6, 6.07) is 20.8. The van der Waals surface area contributed by atoms with Crippen LogP contribution in [-0.4, -0.2) is 37.0 Å². The monoisotopic (exact) mass is 496 g/mol. The van der Waals surface area contributed by atoms with Gasteiger partial charge in [-0.05, 0) is 36.8 Å². The normalized spacial score (nSPS) is 14.2. The molecule has 1 atom stereocenters. The van der Waals surface area contributed by atoms with E-state index in [1.165, 1.54) is 0 Å². The molecule has 5 rings (SSSR count). The van der Waals surface area contributed by atoms with Crippen LogP contribution in [0, 0.1) is 6.92 Å². The van der Waals surface area contributed by atoms with Crippen molar-refractivity contribution in [3.8, 4) is 17.2 Å². The number of anilines is 2. The van der Waals surface area contributed by atoms with Crippen LogP contribution in [0.4, 0.5) is 11.5 Å². The Morgan fingerprint density at radius 1 is 0.919 bits per heavy atom. The molecule has 2 N–H and O–H groups in total. The first-order valence-electron chi connectivity index (χ1n) is 11.8. The van der Waals surface area contributed by atoms with Crippen LogP contribution in [0.15, 0.2) is 79.0 Å². The van der Waals surface area contributed by atoms with Gasteiger partial charge in [0.2, 0.25) is 0 Å². The van der Waals surface area contributed by atoms with Gasteiger partial charge >= 0.3 is 0 Å². The van der Waals surface area contributed by atoms with Crippen LogP contribution in [0.2, 0.25) is 0 Å². The van der Waals surface area contributed by atoms with Gasteiger partial charge in [0.05, 0.1) is 27.5 Å². The SMILES string of the molecule is COc1cc(OC)c([C@H]2C=C(c3ccc(C)cc3)Nc3c(C(=O)Nc4ccccc4)cnn32)cc1OC. The van der Waals surface area contributed by atoms with E-state index in [2.05, 4.69) is 33.9 Å². The van der Waals surface area contributed by atoms with E-state index in [1.807, 2.05) is 55.5 Å². The minimum absolute atomic E-state index is 0.261. The van der Waals surface area contributed by atoms with Crippen molar-refractivity contribution in [2.75, 3.05) is 32.0 Å². The highest BCUT2D eigenvalue weighted by Gasteiger charge is 2.30. The molecule has 2 heterocycles. The number of hydrogen-bond acceptors (Lipinski definition) is 6. The largest absolute Gasteiger partial charge is 0.496 e. The Balaban J connectivity index is 1.64. The van der Waals surface area contributed by atoms with Crippen LogP contribution in [0.3, 0.4) is 0 Å². The highest BCUT2D eigenvalue weighted by molar-refractivity contribution is 6.08. The quantitative estimate of drug-likeness (QED) is 0.350. The van der Waals surface area contributed by atoms with E-state index in [9.17, 15) is 4.79 Å². The zero-order valence-corrected chi connectivity index (χ0v) is 21.1. The molecule has 0 saturated carbocycles. The van der Waals surface area contributed by atoms with Crippen LogP contribution < -0.4 is 24.8 Å². The molecule has 0 bridgehead atoms. The molecule has 0 spiro atoms. The predicted octanol–water partition coefficient (Wildman–Crippen LogP) is 5.53. The van der Waals surface area contributed by atoms with Gasteiger partial charge in [-0.25, -0.2) is 4.68 Å². The van der Waals surface area contributed by atoms with Crippen LogP contribution in [0.5, 0.6) is 17.2 Å². The van der Waals surface area contributed by atoms with Gasteiger partial charge < -0.3 is 24.8 Å². The van der Waals surface area contributed by atoms with Crippen molar-refractivity contribution in [3.05, 3.63) is 101 Å². The molecule has 188 valence electrons. The van der Waals surface area contributed by atoms with E-state index in [4.69, 9.17) is 14.2 Å². The summed E-state index contributed by atoms with van der Waals surface area (Å²) in [7, 11) is 4.79. The summed E-state index contributed by atoms with van der Waals surface area (Å²) in [5.74, 6) is 2.05. The number of nitrogens with zero attached hydrogens (tertiary/aromatic N) is 2. The molecule has 3 aromatic carbocycles. The van der Waals surface area contributed by atoms with Crippen molar-refractivity contribution in [1.82, 2.24) is 9.78 Å². The molecule has 1 aromatic heterocycles. The van der Waals surface area contributed by atoms with Gasteiger partial charge in [0.15, 0.2) is 11.5 Å². The number of allylic oxidation sites excluding steroid dienone is 1. The number of para-hydroxylation sites is 1. The molecule has 0 radical (unpaired) electrons. The summed E-state index contributed by atoms with van der Waals surface area (Å²) >= 11 is 0. The lowest BCUT2D eigenvalue weighted by molar-refractivity contribution is 0.102. The zero-order valence-electron chi connectivity index (χ0n) is 21.1. The second kappa shape index (κ2) is 10.1. The van der Waals surface area contributed by atoms with Crippen molar-refractivity contribution >= 4 is 23.1 Å². The number of aryl methyl sites for hydroxylation is 1.